The zero-order valence-corrected chi connectivity index (χ0v) is 17.9. The van der Waals surface area contributed by atoms with Gasteiger partial charge in [0.2, 0.25) is 0 Å². The maximum atomic E-state index is 11.9. The first-order chi connectivity index (χ1) is 15.0. The molecule has 8 heteroatoms. The van der Waals surface area contributed by atoms with E-state index in [0.717, 1.165) is 10.0 Å². The van der Waals surface area contributed by atoms with Gasteiger partial charge < -0.3 is 14.6 Å². The highest BCUT2D eigenvalue weighted by Crippen LogP contribution is 2.18. The van der Waals surface area contributed by atoms with E-state index < -0.39 is 11.9 Å². The lowest BCUT2D eigenvalue weighted by molar-refractivity contribution is -0.123. The molecule has 0 spiro atoms. The van der Waals surface area contributed by atoms with Crippen LogP contribution in [0.2, 0.25) is 0 Å². The molecule has 158 valence electrons. The van der Waals surface area contributed by atoms with Crippen molar-refractivity contribution in [1.29, 1.82) is 0 Å². The van der Waals surface area contributed by atoms with Crippen LogP contribution >= 0.6 is 15.9 Å². The van der Waals surface area contributed by atoms with Gasteiger partial charge in [-0.1, -0.05) is 40.2 Å². The zero-order chi connectivity index (χ0) is 22.1. The number of amides is 1. The Morgan fingerprint density at radius 3 is 2.39 bits per heavy atom. The molecule has 0 bridgehead atoms. The largest absolute Gasteiger partial charge is 0.488 e. The Morgan fingerprint density at radius 2 is 1.68 bits per heavy atom. The van der Waals surface area contributed by atoms with Crippen LogP contribution in [0.1, 0.15) is 21.5 Å². The Balaban J connectivity index is 1.52. The predicted octanol–water partition coefficient (Wildman–Crippen LogP) is 4.26. The molecule has 1 amide bonds. The van der Waals surface area contributed by atoms with Crippen molar-refractivity contribution in [2.24, 2.45) is 5.10 Å². The fourth-order valence-electron chi connectivity index (χ4n) is 2.51. The smallest absolute Gasteiger partial charge is 0.335 e. The number of hydrogen-bond acceptors (Lipinski definition) is 5. The summed E-state index contributed by atoms with van der Waals surface area (Å²) in [6.45, 7) is 0.0988. The minimum atomic E-state index is -0.974. The predicted molar refractivity (Wildman–Crippen MR) is 120 cm³/mol. The van der Waals surface area contributed by atoms with Gasteiger partial charge in [-0.15, -0.1) is 0 Å². The average Bonchev–Trinajstić information content (AvgIpc) is 2.78. The van der Waals surface area contributed by atoms with Crippen molar-refractivity contribution < 1.29 is 24.2 Å². The van der Waals surface area contributed by atoms with E-state index in [2.05, 4.69) is 26.5 Å². The lowest BCUT2D eigenvalue weighted by atomic mass is 10.1. The average molecular weight is 483 g/mol. The van der Waals surface area contributed by atoms with Crippen LogP contribution in [-0.4, -0.2) is 29.8 Å². The van der Waals surface area contributed by atoms with E-state index in [1.54, 1.807) is 36.4 Å². The second-order valence-corrected chi connectivity index (χ2v) is 7.28. The molecular weight excluding hydrogens is 464 g/mol. The van der Waals surface area contributed by atoms with E-state index in [4.69, 9.17) is 14.6 Å². The number of nitrogens with zero attached hydrogens (tertiary/aromatic N) is 1. The highest BCUT2D eigenvalue weighted by Gasteiger charge is 2.05. The van der Waals surface area contributed by atoms with Crippen LogP contribution in [0.25, 0.3) is 0 Å². The van der Waals surface area contributed by atoms with E-state index in [0.29, 0.717) is 17.1 Å². The van der Waals surface area contributed by atoms with E-state index in [9.17, 15) is 9.59 Å². The van der Waals surface area contributed by atoms with Crippen LogP contribution in [-0.2, 0) is 11.4 Å². The summed E-state index contributed by atoms with van der Waals surface area (Å²) in [4.78, 5) is 22.8. The Labute approximate surface area is 187 Å². The third-order valence-electron chi connectivity index (χ3n) is 4.09. The second kappa shape index (κ2) is 10.9. The summed E-state index contributed by atoms with van der Waals surface area (Å²) >= 11 is 3.33. The number of carboxylic acids is 1. The topological polar surface area (TPSA) is 97.2 Å². The number of benzene rings is 3. The molecule has 0 saturated carbocycles. The molecule has 3 aromatic carbocycles. The van der Waals surface area contributed by atoms with E-state index in [-0.39, 0.29) is 18.8 Å². The number of para-hydroxylation sites is 1. The van der Waals surface area contributed by atoms with Crippen LogP contribution in [0.3, 0.4) is 0 Å². The first-order valence-corrected chi connectivity index (χ1v) is 10.0. The number of hydrogen-bond donors (Lipinski definition) is 2. The Morgan fingerprint density at radius 1 is 0.968 bits per heavy atom. The highest BCUT2D eigenvalue weighted by molar-refractivity contribution is 9.10. The summed E-state index contributed by atoms with van der Waals surface area (Å²) in [5.74, 6) is -0.208. The zero-order valence-electron chi connectivity index (χ0n) is 16.3. The summed E-state index contributed by atoms with van der Waals surface area (Å²) in [7, 11) is 0. The molecular formula is C23H19BrN2O5. The number of carboxylic acid groups (broad SMARTS) is 1. The molecule has 3 aromatic rings. The monoisotopic (exact) mass is 482 g/mol. The van der Waals surface area contributed by atoms with Gasteiger partial charge in [0.15, 0.2) is 6.61 Å². The quantitative estimate of drug-likeness (QED) is 0.350. The molecule has 0 saturated heterocycles. The standard InChI is InChI=1S/C23H19BrN2O5/c24-19-9-11-20(12-10-19)30-15-22(27)26-25-13-18-3-1-2-4-21(18)31-14-16-5-7-17(8-6-16)23(28)29/h1-13H,14-15H2,(H,26,27)(H,28,29). The molecule has 0 atom stereocenters. The second-order valence-electron chi connectivity index (χ2n) is 6.36. The summed E-state index contributed by atoms with van der Waals surface area (Å²) in [6, 6.07) is 20.8. The van der Waals surface area contributed by atoms with Gasteiger partial charge >= 0.3 is 5.97 Å². The molecule has 0 aliphatic heterocycles. The van der Waals surface area contributed by atoms with Crippen molar-refractivity contribution in [2.75, 3.05) is 6.61 Å². The van der Waals surface area contributed by atoms with E-state index in [1.807, 2.05) is 24.3 Å². The van der Waals surface area contributed by atoms with Crippen molar-refractivity contribution >= 4 is 34.0 Å². The maximum absolute atomic E-state index is 11.9. The minimum absolute atomic E-state index is 0.163. The van der Waals surface area contributed by atoms with Crippen LogP contribution in [0.5, 0.6) is 11.5 Å². The van der Waals surface area contributed by atoms with Crippen LogP contribution in [0.15, 0.2) is 82.4 Å². The molecule has 0 heterocycles. The van der Waals surface area contributed by atoms with E-state index >= 15 is 0 Å². The Hall–Kier alpha value is -3.65. The van der Waals surface area contributed by atoms with Gasteiger partial charge in [-0.05, 0) is 54.1 Å². The highest BCUT2D eigenvalue weighted by atomic mass is 79.9. The van der Waals surface area contributed by atoms with Crippen LogP contribution in [0.4, 0.5) is 0 Å². The van der Waals surface area contributed by atoms with Crippen molar-refractivity contribution in [3.05, 3.63) is 94.0 Å². The van der Waals surface area contributed by atoms with Crippen molar-refractivity contribution in [1.82, 2.24) is 5.43 Å². The third-order valence-corrected chi connectivity index (χ3v) is 4.62. The number of ether oxygens (including phenoxy) is 2. The number of carbonyl (C=O) groups is 2. The van der Waals surface area contributed by atoms with Crippen molar-refractivity contribution in [2.45, 2.75) is 6.61 Å². The summed E-state index contributed by atoms with van der Waals surface area (Å²) in [5, 5.41) is 12.9. The summed E-state index contributed by atoms with van der Waals surface area (Å²) in [5.41, 5.74) is 4.14. The number of hydrazone groups is 1. The van der Waals surface area contributed by atoms with Gasteiger partial charge in [0.1, 0.15) is 18.1 Å². The molecule has 0 fully saturated rings. The number of nitrogens with one attached hydrogen (secondary N) is 1. The van der Waals surface area contributed by atoms with Gasteiger partial charge in [-0.2, -0.15) is 5.10 Å². The van der Waals surface area contributed by atoms with Gasteiger partial charge in [0.25, 0.3) is 5.91 Å². The van der Waals surface area contributed by atoms with Crippen molar-refractivity contribution in [3.63, 3.8) is 0 Å². The molecule has 0 aromatic heterocycles. The van der Waals surface area contributed by atoms with Gasteiger partial charge in [-0.25, -0.2) is 10.2 Å². The maximum Gasteiger partial charge on any atom is 0.335 e. The van der Waals surface area contributed by atoms with Crippen LogP contribution < -0.4 is 14.9 Å². The van der Waals surface area contributed by atoms with Gasteiger partial charge in [0, 0.05) is 10.0 Å². The van der Waals surface area contributed by atoms with E-state index in [1.165, 1.54) is 18.3 Å². The fourth-order valence-corrected chi connectivity index (χ4v) is 2.77. The number of rotatable bonds is 9. The van der Waals surface area contributed by atoms with Crippen molar-refractivity contribution in [3.8, 4) is 11.5 Å². The summed E-state index contributed by atoms with van der Waals surface area (Å²) < 4.78 is 12.1. The van der Waals surface area contributed by atoms with Crippen LogP contribution in [0, 0.1) is 0 Å². The Kier molecular flexibility index (Phi) is 7.78. The fraction of sp³-hybridized carbons (Fsp3) is 0.0870. The normalized spacial score (nSPS) is 10.6. The number of halogens is 1. The lowest BCUT2D eigenvalue weighted by Gasteiger charge is -2.09. The molecule has 0 aliphatic carbocycles. The third kappa shape index (κ3) is 6.97. The molecule has 7 nitrogen and oxygen atoms in total. The first-order valence-electron chi connectivity index (χ1n) is 9.25. The molecule has 0 aliphatic rings. The number of aromatic carboxylic acids is 1. The molecule has 3 rings (SSSR count). The lowest BCUT2D eigenvalue weighted by Crippen LogP contribution is -2.24. The molecule has 31 heavy (non-hydrogen) atoms. The summed E-state index contributed by atoms with van der Waals surface area (Å²) in [6.07, 6.45) is 1.49. The van der Waals surface area contributed by atoms with Gasteiger partial charge in [-0.3, -0.25) is 4.79 Å². The number of carbonyl (C=O) groups excluding carboxylic acids is 1. The SMILES string of the molecule is O=C(COc1ccc(Br)cc1)NN=Cc1ccccc1OCc1ccc(C(=O)O)cc1. The van der Waals surface area contributed by atoms with Gasteiger partial charge in [0.05, 0.1) is 11.8 Å². The molecule has 0 unspecified atom stereocenters. The first kappa shape index (κ1) is 22.0. The molecule has 2 N–H and O–H groups in total. The Bertz CT molecular complexity index is 1070. The molecule has 0 radical (unpaired) electrons. The minimum Gasteiger partial charge on any atom is -0.488 e.